The van der Waals surface area contributed by atoms with E-state index in [0.717, 1.165) is 24.4 Å². The highest BCUT2D eigenvalue weighted by Crippen LogP contribution is 2.19. The van der Waals surface area contributed by atoms with Crippen molar-refractivity contribution in [1.82, 2.24) is 19.6 Å². The number of rotatable bonds is 5. The molecule has 0 saturated carbocycles. The molecule has 4 nitrogen and oxygen atoms in total. The molecule has 0 amide bonds. The van der Waals surface area contributed by atoms with Crippen molar-refractivity contribution in [3.05, 3.63) is 29.7 Å². The van der Waals surface area contributed by atoms with Crippen molar-refractivity contribution in [3.8, 4) is 5.82 Å². The van der Waals surface area contributed by atoms with E-state index in [9.17, 15) is 0 Å². The number of aromatic nitrogens is 4. The molecule has 0 aromatic carbocycles. The zero-order chi connectivity index (χ0) is 13.1. The molecule has 2 aromatic heterocycles. The van der Waals surface area contributed by atoms with Gasteiger partial charge in [-0.1, -0.05) is 32.4 Å². The van der Waals surface area contributed by atoms with Gasteiger partial charge in [0.15, 0.2) is 0 Å². The molecule has 0 fully saturated rings. The van der Waals surface area contributed by atoms with Gasteiger partial charge in [0.1, 0.15) is 5.82 Å². The van der Waals surface area contributed by atoms with Crippen LogP contribution in [-0.4, -0.2) is 19.6 Å². The first kappa shape index (κ1) is 12.9. The summed E-state index contributed by atoms with van der Waals surface area (Å²) in [5.74, 6) is 1.56. The number of nitrogens with zero attached hydrogens (tertiary/aromatic N) is 4. The summed E-state index contributed by atoms with van der Waals surface area (Å²) in [6.07, 6.45) is 5.42. The quantitative estimate of drug-likeness (QED) is 0.812. The topological polar surface area (TPSA) is 35.6 Å². The van der Waals surface area contributed by atoms with Gasteiger partial charge in [0.25, 0.3) is 0 Å². The highest BCUT2D eigenvalue weighted by Gasteiger charge is 2.12. The maximum atomic E-state index is 4.29. The number of aryl methyl sites for hydroxylation is 1. The minimum absolute atomic E-state index is 0.481. The molecule has 1 unspecified atom stereocenters. The molecule has 98 valence electrons. The Hall–Kier alpha value is -1.58. The Balaban J connectivity index is 2.26. The summed E-state index contributed by atoms with van der Waals surface area (Å²) in [6.45, 7) is 6.57. The van der Waals surface area contributed by atoms with Crippen LogP contribution in [0.15, 0.2) is 18.3 Å². The monoisotopic (exact) mass is 246 g/mol. The second-order valence-corrected chi connectivity index (χ2v) is 4.87. The number of hydrogen-bond acceptors (Lipinski definition) is 2. The van der Waals surface area contributed by atoms with Crippen molar-refractivity contribution < 1.29 is 0 Å². The van der Waals surface area contributed by atoms with Crippen molar-refractivity contribution in [3.63, 3.8) is 0 Å². The third-order valence-electron chi connectivity index (χ3n) is 3.53. The molecule has 2 aromatic rings. The van der Waals surface area contributed by atoms with Gasteiger partial charge in [-0.05, 0) is 25.0 Å². The van der Waals surface area contributed by atoms with E-state index in [2.05, 4.69) is 61.0 Å². The molecule has 2 rings (SSSR count). The summed E-state index contributed by atoms with van der Waals surface area (Å²) in [6, 6.07) is 4.24. The molecule has 0 spiro atoms. The van der Waals surface area contributed by atoms with E-state index in [-0.39, 0.29) is 0 Å². The molecule has 0 N–H and O–H groups in total. The van der Waals surface area contributed by atoms with Crippen LogP contribution in [0, 0.1) is 0 Å². The standard InChI is InChI=1S/C14H22N4/c1-5-7-11(3)13-10-18(16-15-13)14-9-8-12(6-2)17(14)4/h8-11H,5-7H2,1-4H3. The average molecular weight is 246 g/mol. The lowest BCUT2D eigenvalue weighted by Gasteiger charge is -2.06. The third kappa shape index (κ3) is 2.33. The molecule has 0 aliphatic rings. The predicted octanol–water partition coefficient (Wildman–Crippen LogP) is 3.07. The Morgan fingerprint density at radius 2 is 2.06 bits per heavy atom. The van der Waals surface area contributed by atoms with Gasteiger partial charge in [-0.25, -0.2) is 4.68 Å². The molecule has 0 saturated heterocycles. The van der Waals surface area contributed by atoms with E-state index >= 15 is 0 Å². The van der Waals surface area contributed by atoms with Gasteiger partial charge in [0, 0.05) is 18.7 Å². The Bertz CT molecular complexity index is 510. The molecule has 1 atom stereocenters. The zero-order valence-corrected chi connectivity index (χ0v) is 11.7. The molecular weight excluding hydrogens is 224 g/mol. The summed E-state index contributed by atoms with van der Waals surface area (Å²) in [4.78, 5) is 0. The fraction of sp³-hybridized carbons (Fsp3) is 0.571. The van der Waals surface area contributed by atoms with Crippen molar-refractivity contribution in [2.75, 3.05) is 0 Å². The summed E-state index contributed by atoms with van der Waals surface area (Å²) < 4.78 is 4.05. The molecule has 0 aliphatic carbocycles. The van der Waals surface area contributed by atoms with Crippen molar-refractivity contribution in [1.29, 1.82) is 0 Å². The Labute approximate surface area is 109 Å². The van der Waals surface area contributed by atoms with Gasteiger partial charge in [0.05, 0.1) is 11.9 Å². The molecule has 0 bridgehead atoms. The van der Waals surface area contributed by atoms with Crippen LogP contribution in [0.4, 0.5) is 0 Å². The third-order valence-corrected chi connectivity index (χ3v) is 3.53. The normalized spacial score (nSPS) is 12.9. The highest BCUT2D eigenvalue weighted by molar-refractivity contribution is 5.28. The van der Waals surface area contributed by atoms with Gasteiger partial charge in [0.2, 0.25) is 0 Å². The van der Waals surface area contributed by atoms with Crippen molar-refractivity contribution in [2.24, 2.45) is 7.05 Å². The van der Waals surface area contributed by atoms with Crippen LogP contribution >= 0.6 is 0 Å². The highest BCUT2D eigenvalue weighted by atomic mass is 15.4. The second kappa shape index (κ2) is 5.38. The van der Waals surface area contributed by atoms with Crippen LogP contribution < -0.4 is 0 Å². The van der Waals surface area contributed by atoms with Gasteiger partial charge in [-0.15, -0.1) is 5.10 Å². The first-order valence-corrected chi connectivity index (χ1v) is 6.74. The van der Waals surface area contributed by atoms with Gasteiger partial charge in [-0.3, -0.25) is 0 Å². The predicted molar refractivity (Wildman–Crippen MR) is 73.0 cm³/mol. The molecule has 4 heteroatoms. The summed E-state index contributed by atoms with van der Waals surface area (Å²) >= 11 is 0. The number of hydrogen-bond donors (Lipinski definition) is 0. The summed E-state index contributed by atoms with van der Waals surface area (Å²) in [5.41, 5.74) is 2.39. The first-order chi connectivity index (χ1) is 8.67. The molecule has 18 heavy (non-hydrogen) atoms. The van der Waals surface area contributed by atoms with E-state index in [1.165, 1.54) is 12.1 Å². The second-order valence-electron chi connectivity index (χ2n) is 4.87. The zero-order valence-electron chi connectivity index (χ0n) is 11.7. The Morgan fingerprint density at radius 3 is 2.67 bits per heavy atom. The molecule has 0 aliphatic heterocycles. The Morgan fingerprint density at radius 1 is 1.28 bits per heavy atom. The van der Waals surface area contributed by atoms with E-state index in [1.807, 2.05) is 4.68 Å². The van der Waals surface area contributed by atoms with Gasteiger partial charge < -0.3 is 4.57 Å². The fourth-order valence-corrected chi connectivity index (χ4v) is 2.32. The van der Waals surface area contributed by atoms with Crippen LogP contribution in [0.5, 0.6) is 0 Å². The van der Waals surface area contributed by atoms with Crippen LogP contribution in [0.3, 0.4) is 0 Å². The maximum absolute atomic E-state index is 4.29. The SMILES string of the molecule is CCCC(C)c1cn(-c2ccc(CC)n2C)nn1. The smallest absolute Gasteiger partial charge is 0.135 e. The fourth-order valence-electron chi connectivity index (χ4n) is 2.32. The van der Waals surface area contributed by atoms with E-state index in [1.54, 1.807) is 0 Å². The maximum Gasteiger partial charge on any atom is 0.135 e. The summed E-state index contributed by atoms with van der Waals surface area (Å²) in [7, 11) is 2.07. The van der Waals surface area contributed by atoms with Crippen LogP contribution in [0.1, 0.15) is 50.9 Å². The van der Waals surface area contributed by atoms with Crippen molar-refractivity contribution >= 4 is 0 Å². The minimum atomic E-state index is 0.481. The molecule has 2 heterocycles. The van der Waals surface area contributed by atoms with E-state index in [4.69, 9.17) is 0 Å². The van der Waals surface area contributed by atoms with Crippen LogP contribution in [0.25, 0.3) is 5.82 Å². The average Bonchev–Trinajstić information content (AvgIpc) is 2.95. The van der Waals surface area contributed by atoms with Crippen molar-refractivity contribution in [2.45, 2.75) is 46.0 Å². The minimum Gasteiger partial charge on any atom is -0.333 e. The lowest BCUT2D eigenvalue weighted by molar-refractivity contribution is 0.644. The summed E-state index contributed by atoms with van der Waals surface area (Å²) in [5, 5.41) is 8.53. The largest absolute Gasteiger partial charge is 0.333 e. The van der Waals surface area contributed by atoms with E-state index < -0.39 is 0 Å². The molecular formula is C14H22N4. The lowest BCUT2D eigenvalue weighted by atomic mass is 10.0. The van der Waals surface area contributed by atoms with E-state index in [0.29, 0.717) is 5.92 Å². The first-order valence-electron chi connectivity index (χ1n) is 6.74. The van der Waals surface area contributed by atoms with Gasteiger partial charge >= 0.3 is 0 Å². The van der Waals surface area contributed by atoms with Crippen LogP contribution in [0.2, 0.25) is 0 Å². The lowest BCUT2D eigenvalue weighted by Crippen LogP contribution is -2.04. The van der Waals surface area contributed by atoms with Crippen LogP contribution in [-0.2, 0) is 13.5 Å². The van der Waals surface area contributed by atoms with Gasteiger partial charge in [-0.2, -0.15) is 0 Å². The molecule has 0 radical (unpaired) electrons. The Kier molecular flexibility index (Phi) is 3.84.